The van der Waals surface area contributed by atoms with Crippen LogP contribution in [-0.2, 0) is 13.0 Å². The average Bonchev–Trinajstić information content (AvgIpc) is 3.15. The molecule has 0 aliphatic heterocycles. The topological polar surface area (TPSA) is 77.0 Å². The van der Waals surface area contributed by atoms with Gasteiger partial charge in [0, 0.05) is 10.9 Å². The van der Waals surface area contributed by atoms with Gasteiger partial charge in [0.15, 0.2) is 0 Å². The molecule has 0 aromatic carbocycles. The van der Waals surface area contributed by atoms with E-state index in [4.69, 9.17) is 21.8 Å². The summed E-state index contributed by atoms with van der Waals surface area (Å²) in [5.41, 5.74) is 8.14. The van der Waals surface area contributed by atoms with Gasteiger partial charge in [-0.2, -0.15) is 4.98 Å². The Hall–Kier alpha value is -1.05. The van der Waals surface area contributed by atoms with Gasteiger partial charge in [0.2, 0.25) is 5.28 Å². The molecule has 1 atom stereocenters. The Morgan fingerprint density at radius 2 is 2.12 bits per heavy atom. The number of aromatic nitrogens is 2. The third kappa shape index (κ3) is 4.99. The SMILES string of the molecule is CCC(N)Cc1sc2c(NCc3ccco3)nc(Cl)nc2c1C.Cl.Cl. The molecular weight excluding hydrogens is 403 g/mol. The van der Waals surface area contributed by atoms with Gasteiger partial charge in [-0.05, 0) is 49.1 Å². The first-order valence-corrected chi connectivity index (χ1v) is 8.75. The van der Waals surface area contributed by atoms with Gasteiger partial charge in [0.05, 0.1) is 23.0 Å². The molecule has 3 rings (SSSR count). The zero-order chi connectivity index (χ0) is 16.4. The van der Waals surface area contributed by atoms with Crippen molar-refractivity contribution in [3.8, 4) is 0 Å². The Kier molecular flexibility index (Phi) is 8.44. The van der Waals surface area contributed by atoms with E-state index in [1.165, 1.54) is 4.88 Å². The number of anilines is 1. The number of furan rings is 1. The van der Waals surface area contributed by atoms with Crippen molar-refractivity contribution in [2.75, 3.05) is 5.32 Å². The minimum absolute atomic E-state index is 0. The summed E-state index contributed by atoms with van der Waals surface area (Å²) in [6.07, 6.45) is 3.45. The van der Waals surface area contributed by atoms with Crippen molar-refractivity contribution in [3.05, 3.63) is 39.9 Å². The van der Waals surface area contributed by atoms with E-state index in [1.807, 2.05) is 12.1 Å². The van der Waals surface area contributed by atoms with Crippen molar-refractivity contribution in [2.24, 2.45) is 5.73 Å². The van der Waals surface area contributed by atoms with Crippen LogP contribution in [-0.4, -0.2) is 16.0 Å². The van der Waals surface area contributed by atoms with Gasteiger partial charge in [-0.3, -0.25) is 0 Å². The van der Waals surface area contributed by atoms with Crippen LogP contribution >= 0.6 is 47.8 Å². The third-order valence-corrected chi connectivity index (χ3v) is 5.30. The van der Waals surface area contributed by atoms with Crippen LogP contribution in [0.4, 0.5) is 5.82 Å². The molecule has 0 amide bonds. The van der Waals surface area contributed by atoms with E-state index in [0.717, 1.165) is 40.2 Å². The van der Waals surface area contributed by atoms with Crippen LogP contribution in [0.1, 0.15) is 29.5 Å². The van der Waals surface area contributed by atoms with E-state index in [2.05, 4.69) is 29.1 Å². The molecule has 3 heterocycles. The molecule has 0 aliphatic rings. The fourth-order valence-corrected chi connectivity index (χ4v) is 3.86. The standard InChI is InChI=1S/C16H19ClN4OS.2ClH/c1-3-10(18)7-12-9(2)13-14(23-12)15(21-16(17)20-13)19-8-11-5-4-6-22-11;;/h4-6,10H,3,7-8,18H2,1-2H3,(H,19,20,21);2*1H. The zero-order valence-electron chi connectivity index (χ0n) is 13.9. The van der Waals surface area contributed by atoms with Crippen molar-refractivity contribution in [3.63, 3.8) is 0 Å². The number of hydrogen-bond acceptors (Lipinski definition) is 6. The fourth-order valence-electron chi connectivity index (χ4n) is 2.39. The number of thiophene rings is 1. The molecule has 25 heavy (non-hydrogen) atoms. The van der Waals surface area contributed by atoms with Crippen LogP contribution in [0, 0.1) is 6.92 Å². The summed E-state index contributed by atoms with van der Waals surface area (Å²) in [4.78, 5) is 9.97. The van der Waals surface area contributed by atoms with Crippen molar-refractivity contribution in [2.45, 2.75) is 39.3 Å². The lowest BCUT2D eigenvalue weighted by Crippen LogP contribution is -2.21. The molecule has 0 saturated carbocycles. The molecule has 9 heteroatoms. The monoisotopic (exact) mass is 422 g/mol. The van der Waals surface area contributed by atoms with Crippen LogP contribution in [0.2, 0.25) is 5.28 Å². The molecule has 3 N–H and O–H groups in total. The molecule has 0 aliphatic carbocycles. The van der Waals surface area contributed by atoms with Crippen LogP contribution in [0.5, 0.6) is 0 Å². The number of nitrogens with two attached hydrogens (primary N) is 1. The molecule has 0 radical (unpaired) electrons. The number of aryl methyl sites for hydroxylation is 1. The summed E-state index contributed by atoms with van der Waals surface area (Å²) in [6, 6.07) is 3.93. The van der Waals surface area contributed by atoms with Crippen LogP contribution in [0.25, 0.3) is 10.2 Å². The number of halogens is 3. The quantitative estimate of drug-likeness (QED) is 0.547. The van der Waals surface area contributed by atoms with Crippen molar-refractivity contribution >= 4 is 63.8 Å². The minimum atomic E-state index is 0. The first kappa shape index (κ1) is 22.0. The van der Waals surface area contributed by atoms with Gasteiger partial charge < -0.3 is 15.5 Å². The molecule has 3 aromatic rings. The largest absolute Gasteiger partial charge is 0.467 e. The normalized spacial score (nSPS) is 11.7. The Balaban J connectivity index is 0.00000156. The number of hydrogen-bond donors (Lipinski definition) is 2. The predicted octanol–water partition coefficient (Wildman–Crippen LogP) is 4.98. The van der Waals surface area contributed by atoms with E-state index in [9.17, 15) is 0 Å². The first-order chi connectivity index (χ1) is 11.1. The predicted molar refractivity (Wildman–Crippen MR) is 110 cm³/mol. The summed E-state index contributed by atoms with van der Waals surface area (Å²) < 4.78 is 6.35. The molecule has 0 bridgehead atoms. The summed E-state index contributed by atoms with van der Waals surface area (Å²) >= 11 is 7.78. The number of nitrogens with zero attached hydrogens (tertiary/aromatic N) is 2. The van der Waals surface area contributed by atoms with Crippen LogP contribution in [0.15, 0.2) is 22.8 Å². The summed E-state index contributed by atoms with van der Waals surface area (Å²) in [6.45, 7) is 4.72. The second-order valence-corrected chi connectivity index (χ2v) is 6.92. The molecule has 0 saturated heterocycles. The highest BCUT2D eigenvalue weighted by molar-refractivity contribution is 7.19. The first-order valence-electron chi connectivity index (χ1n) is 7.55. The third-order valence-electron chi connectivity index (χ3n) is 3.82. The summed E-state index contributed by atoms with van der Waals surface area (Å²) in [5, 5.41) is 3.53. The summed E-state index contributed by atoms with van der Waals surface area (Å²) in [5.74, 6) is 1.58. The summed E-state index contributed by atoms with van der Waals surface area (Å²) in [7, 11) is 0. The lowest BCUT2D eigenvalue weighted by atomic mass is 10.1. The minimum Gasteiger partial charge on any atom is -0.467 e. The van der Waals surface area contributed by atoms with E-state index >= 15 is 0 Å². The Labute approximate surface area is 168 Å². The number of nitrogens with one attached hydrogen (secondary N) is 1. The second kappa shape index (κ2) is 9.59. The van der Waals surface area contributed by atoms with Crippen molar-refractivity contribution in [1.29, 1.82) is 0 Å². The van der Waals surface area contributed by atoms with Gasteiger partial charge in [0.25, 0.3) is 0 Å². The van der Waals surface area contributed by atoms with Crippen LogP contribution in [0.3, 0.4) is 0 Å². The highest BCUT2D eigenvalue weighted by Crippen LogP contribution is 2.35. The highest BCUT2D eigenvalue weighted by atomic mass is 35.5. The van der Waals surface area contributed by atoms with E-state index in [0.29, 0.717) is 6.54 Å². The van der Waals surface area contributed by atoms with Crippen molar-refractivity contribution < 1.29 is 4.42 Å². The van der Waals surface area contributed by atoms with Gasteiger partial charge in [-0.1, -0.05) is 6.92 Å². The average molecular weight is 424 g/mol. The zero-order valence-corrected chi connectivity index (χ0v) is 17.1. The van der Waals surface area contributed by atoms with E-state index in [-0.39, 0.29) is 36.1 Å². The van der Waals surface area contributed by atoms with E-state index in [1.54, 1.807) is 17.6 Å². The maximum Gasteiger partial charge on any atom is 0.224 e. The van der Waals surface area contributed by atoms with Gasteiger partial charge in [0.1, 0.15) is 11.6 Å². The molecule has 1 unspecified atom stereocenters. The van der Waals surface area contributed by atoms with Gasteiger partial charge in [-0.25, -0.2) is 4.98 Å². The fraction of sp³-hybridized carbons (Fsp3) is 0.375. The second-order valence-electron chi connectivity index (χ2n) is 5.47. The van der Waals surface area contributed by atoms with Gasteiger partial charge in [-0.15, -0.1) is 36.2 Å². The Bertz CT molecular complexity index is 807. The highest BCUT2D eigenvalue weighted by Gasteiger charge is 2.17. The molecule has 0 fully saturated rings. The maximum absolute atomic E-state index is 6.10. The van der Waals surface area contributed by atoms with Crippen LogP contribution < -0.4 is 11.1 Å². The molecular formula is C16H21Cl3N4OS. The number of rotatable bonds is 6. The lowest BCUT2D eigenvalue weighted by Gasteiger charge is -2.06. The molecule has 5 nitrogen and oxygen atoms in total. The maximum atomic E-state index is 6.10. The van der Waals surface area contributed by atoms with Crippen molar-refractivity contribution in [1.82, 2.24) is 9.97 Å². The smallest absolute Gasteiger partial charge is 0.224 e. The van der Waals surface area contributed by atoms with Gasteiger partial charge >= 0.3 is 0 Å². The molecule has 138 valence electrons. The molecule has 3 aromatic heterocycles. The molecule has 0 spiro atoms. The lowest BCUT2D eigenvalue weighted by molar-refractivity contribution is 0.518. The Morgan fingerprint density at radius 1 is 1.36 bits per heavy atom. The van der Waals surface area contributed by atoms with E-state index < -0.39 is 0 Å². The Morgan fingerprint density at radius 3 is 2.76 bits per heavy atom. The number of fused-ring (bicyclic) bond motifs is 1.